The van der Waals surface area contributed by atoms with Gasteiger partial charge in [-0.25, -0.2) is 4.98 Å². The minimum atomic E-state index is 0.281. The quantitative estimate of drug-likeness (QED) is 0.832. The summed E-state index contributed by atoms with van der Waals surface area (Å²) >= 11 is 0. The maximum atomic E-state index is 8.96. The smallest absolute Gasteiger partial charge is 0.131 e. The Kier molecular flexibility index (Phi) is 4.55. The molecule has 1 saturated heterocycles. The van der Waals surface area contributed by atoms with Gasteiger partial charge in [0.15, 0.2) is 0 Å². The number of pyridine rings is 1. The summed E-state index contributed by atoms with van der Waals surface area (Å²) in [6, 6.07) is 2.66. The molecule has 0 radical (unpaired) electrons. The zero-order valence-corrected chi connectivity index (χ0v) is 11.1. The summed E-state index contributed by atoms with van der Waals surface area (Å²) in [5.41, 5.74) is 7.92. The summed E-state index contributed by atoms with van der Waals surface area (Å²) in [5, 5.41) is 8.96. The van der Waals surface area contributed by atoms with Crippen LogP contribution in [-0.4, -0.2) is 29.3 Å². The maximum absolute atomic E-state index is 8.96. The van der Waals surface area contributed by atoms with Crippen LogP contribution in [0.4, 0.5) is 5.82 Å². The maximum Gasteiger partial charge on any atom is 0.131 e. The van der Waals surface area contributed by atoms with Gasteiger partial charge in [0.05, 0.1) is 0 Å². The molecule has 100 valence electrons. The molecule has 1 atom stereocenters. The molecule has 0 amide bonds. The van der Waals surface area contributed by atoms with E-state index in [-0.39, 0.29) is 6.61 Å². The number of hydrogen-bond donors (Lipinski definition) is 2. The standard InChI is InChI=1S/C14H23N3O/c1-11-8-12(9-15)10-16-14(11)17-6-2-4-13(17)5-3-7-18/h8,10,13,18H,2-7,9,15H2,1H3. The molecule has 0 spiro atoms. The second-order valence-electron chi connectivity index (χ2n) is 5.04. The Morgan fingerprint density at radius 3 is 3.06 bits per heavy atom. The first-order valence-electron chi connectivity index (χ1n) is 6.79. The molecular formula is C14H23N3O. The molecule has 18 heavy (non-hydrogen) atoms. The Morgan fingerprint density at radius 1 is 1.56 bits per heavy atom. The zero-order chi connectivity index (χ0) is 13.0. The molecule has 1 aliphatic heterocycles. The van der Waals surface area contributed by atoms with Crippen LogP contribution in [0.25, 0.3) is 0 Å². The fourth-order valence-corrected chi connectivity index (χ4v) is 2.78. The van der Waals surface area contributed by atoms with Gasteiger partial charge < -0.3 is 15.7 Å². The lowest BCUT2D eigenvalue weighted by Gasteiger charge is -2.27. The molecule has 1 aliphatic rings. The van der Waals surface area contributed by atoms with Gasteiger partial charge in [0.25, 0.3) is 0 Å². The largest absolute Gasteiger partial charge is 0.396 e. The van der Waals surface area contributed by atoms with E-state index >= 15 is 0 Å². The number of aryl methyl sites for hydroxylation is 1. The Hall–Kier alpha value is -1.13. The van der Waals surface area contributed by atoms with E-state index in [1.807, 2.05) is 6.20 Å². The number of nitrogens with zero attached hydrogens (tertiary/aromatic N) is 2. The monoisotopic (exact) mass is 249 g/mol. The van der Waals surface area contributed by atoms with Crippen molar-refractivity contribution in [3.63, 3.8) is 0 Å². The molecule has 1 aromatic rings. The minimum Gasteiger partial charge on any atom is -0.396 e. The first-order chi connectivity index (χ1) is 8.76. The third kappa shape index (κ3) is 2.82. The topological polar surface area (TPSA) is 62.4 Å². The Bertz CT molecular complexity index is 395. The van der Waals surface area contributed by atoms with Gasteiger partial charge in [-0.2, -0.15) is 0 Å². The second kappa shape index (κ2) is 6.16. The van der Waals surface area contributed by atoms with Gasteiger partial charge in [-0.15, -0.1) is 0 Å². The van der Waals surface area contributed by atoms with Gasteiger partial charge in [-0.1, -0.05) is 0 Å². The normalized spacial score (nSPS) is 19.5. The highest BCUT2D eigenvalue weighted by Crippen LogP contribution is 2.29. The molecule has 1 fully saturated rings. The van der Waals surface area contributed by atoms with Crippen LogP contribution in [0.3, 0.4) is 0 Å². The van der Waals surface area contributed by atoms with E-state index in [4.69, 9.17) is 10.8 Å². The van der Waals surface area contributed by atoms with Crippen LogP contribution < -0.4 is 10.6 Å². The van der Waals surface area contributed by atoms with E-state index in [1.165, 1.54) is 18.4 Å². The van der Waals surface area contributed by atoms with Crippen molar-refractivity contribution in [2.24, 2.45) is 5.73 Å². The number of aliphatic hydroxyl groups excluding tert-OH is 1. The minimum absolute atomic E-state index is 0.281. The van der Waals surface area contributed by atoms with Gasteiger partial charge >= 0.3 is 0 Å². The first kappa shape index (κ1) is 13.3. The van der Waals surface area contributed by atoms with Crippen molar-refractivity contribution in [3.8, 4) is 0 Å². The predicted molar refractivity (Wildman–Crippen MR) is 73.6 cm³/mol. The number of aromatic nitrogens is 1. The Balaban J connectivity index is 2.14. The highest BCUT2D eigenvalue weighted by atomic mass is 16.2. The van der Waals surface area contributed by atoms with Crippen LogP contribution in [0.2, 0.25) is 0 Å². The van der Waals surface area contributed by atoms with Crippen molar-refractivity contribution >= 4 is 5.82 Å². The van der Waals surface area contributed by atoms with Crippen LogP contribution in [-0.2, 0) is 6.54 Å². The van der Waals surface area contributed by atoms with Gasteiger partial charge in [-0.05, 0) is 49.8 Å². The van der Waals surface area contributed by atoms with Crippen molar-refractivity contribution in [2.75, 3.05) is 18.1 Å². The molecule has 1 aromatic heterocycles. The van der Waals surface area contributed by atoms with Crippen molar-refractivity contribution < 1.29 is 5.11 Å². The number of nitrogens with two attached hydrogens (primary N) is 1. The predicted octanol–water partition coefficient (Wildman–Crippen LogP) is 1.59. The van der Waals surface area contributed by atoms with Gasteiger partial charge in [0, 0.05) is 31.9 Å². The molecule has 0 bridgehead atoms. The number of hydrogen-bond acceptors (Lipinski definition) is 4. The fourth-order valence-electron chi connectivity index (χ4n) is 2.78. The third-order valence-corrected chi connectivity index (χ3v) is 3.69. The molecule has 0 aromatic carbocycles. The van der Waals surface area contributed by atoms with Crippen molar-refractivity contribution in [2.45, 2.75) is 45.2 Å². The molecule has 2 heterocycles. The van der Waals surface area contributed by atoms with E-state index in [0.717, 1.165) is 30.8 Å². The van der Waals surface area contributed by atoms with E-state index in [9.17, 15) is 0 Å². The molecule has 4 nitrogen and oxygen atoms in total. The van der Waals surface area contributed by atoms with Crippen molar-refractivity contribution in [1.29, 1.82) is 0 Å². The average Bonchev–Trinajstić information content (AvgIpc) is 2.84. The van der Waals surface area contributed by atoms with Gasteiger partial charge in [0.1, 0.15) is 5.82 Å². The lowest BCUT2D eigenvalue weighted by molar-refractivity contribution is 0.279. The van der Waals surface area contributed by atoms with Crippen LogP contribution in [0.5, 0.6) is 0 Å². The Morgan fingerprint density at radius 2 is 2.39 bits per heavy atom. The van der Waals surface area contributed by atoms with E-state index in [2.05, 4.69) is 22.9 Å². The number of aliphatic hydroxyl groups is 1. The van der Waals surface area contributed by atoms with Crippen LogP contribution in [0.1, 0.15) is 36.8 Å². The van der Waals surface area contributed by atoms with Gasteiger partial charge in [-0.3, -0.25) is 0 Å². The molecular weight excluding hydrogens is 226 g/mol. The summed E-state index contributed by atoms with van der Waals surface area (Å²) in [7, 11) is 0. The fraction of sp³-hybridized carbons (Fsp3) is 0.643. The molecule has 0 aliphatic carbocycles. The van der Waals surface area contributed by atoms with E-state index < -0.39 is 0 Å². The first-order valence-corrected chi connectivity index (χ1v) is 6.79. The summed E-state index contributed by atoms with van der Waals surface area (Å²) in [4.78, 5) is 6.97. The summed E-state index contributed by atoms with van der Waals surface area (Å²) in [5.74, 6) is 1.09. The highest BCUT2D eigenvalue weighted by molar-refractivity contribution is 5.49. The Labute approximate surface area is 109 Å². The second-order valence-corrected chi connectivity index (χ2v) is 5.04. The SMILES string of the molecule is Cc1cc(CN)cnc1N1CCCC1CCCO. The molecule has 1 unspecified atom stereocenters. The molecule has 4 heteroatoms. The van der Waals surface area contributed by atoms with Crippen LogP contribution in [0.15, 0.2) is 12.3 Å². The zero-order valence-electron chi connectivity index (χ0n) is 11.1. The van der Waals surface area contributed by atoms with Crippen LogP contribution >= 0.6 is 0 Å². The van der Waals surface area contributed by atoms with Gasteiger partial charge in [0.2, 0.25) is 0 Å². The molecule has 0 saturated carbocycles. The third-order valence-electron chi connectivity index (χ3n) is 3.69. The lowest BCUT2D eigenvalue weighted by atomic mass is 10.1. The van der Waals surface area contributed by atoms with Crippen molar-refractivity contribution in [3.05, 3.63) is 23.4 Å². The molecule has 2 rings (SSSR count). The summed E-state index contributed by atoms with van der Waals surface area (Å²) < 4.78 is 0. The number of anilines is 1. The van der Waals surface area contributed by atoms with Crippen molar-refractivity contribution in [1.82, 2.24) is 4.98 Å². The summed E-state index contributed by atoms with van der Waals surface area (Å²) in [6.45, 7) is 4.00. The summed E-state index contributed by atoms with van der Waals surface area (Å²) in [6.07, 6.45) is 6.23. The highest BCUT2D eigenvalue weighted by Gasteiger charge is 2.26. The molecule has 3 N–H and O–H groups in total. The van der Waals surface area contributed by atoms with E-state index in [1.54, 1.807) is 0 Å². The van der Waals surface area contributed by atoms with E-state index in [0.29, 0.717) is 12.6 Å². The lowest BCUT2D eigenvalue weighted by Crippen LogP contribution is -2.30. The average molecular weight is 249 g/mol. The number of rotatable bonds is 5. The van der Waals surface area contributed by atoms with Crippen LogP contribution in [0, 0.1) is 6.92 Å².